The number of hydrogen-bond donors (Lipinski definition) is 2. The summed E-state index contributed by atoms with van der Waals surface area (Å²) in [4.78, 5) is 26.4. The Hall–Kier alpha value is -2.12. The number of hydrazine groups is 1. The average molecular weight is 270 g/mol. The molecule has 0 aliphatic rings. The van der Waals surface area contributed by atoms with E-state index in [1.54, 1.807) is 6.92 Å². The molecule has 19 heavy (non-hydrogen) atoms. The number of aryl methyl sites for hydroxylation is 1. The van der Waals surface area contributed by atoms with Gasteiger partial charge in [-0.15, -0.1) is 0 Å². The molecular weight excluding hydrogens is 252 g/mol. The number of nitrogens with zero attached hydrogens (tertiary/aromatic N) is 2. The van der Waals surface area contributed by atoms with Gasteiger partial charge in [-0.3, -0.25) is 10.2 Å². The average Bonchev–Trinajstić information content (AvgIpc) is 2.83. The van der Waals surface area contributed by atoms with Crippen LogP contribution in [-0.2, 0) is 16.0 Å². The molecule has 2 N–H and O–H groups in total. The zero-order chi connectivity index (χ0) is 14.3. The van der Waals surface area contributed by atoms with Crippen molar-refractivity contribution >= 4 is 12.0 Å². The normalized spacial score (nSPS) is 10.3. The fraction of sp³-hybridized carbons (Fsp3) is 0.636. The second-order valence-electron chi connectivity index (χ2n) is 4.09. The summed E-state index contributed by atoms with van der Waals surface area (Å²) in [6, 6.07) is 0. The van der Waals surface area contributed by atoms with Crippen LogP contribution in [0.25, 0.3) is 0 Å². The highest BCUT2D eigenvalue weighted by molar-refractivity contribution is 5.79. The van der Waals surface area contributed by atoms with Crippen molar-refractivity contribution in [3.8, 4) is 0 Å². The fourth-order valence-electron chi connectivity index (χ4n) is 1.17. The minimum atomic E-state index is -0.698. The smallest absolute Gasteiger partial charge is 0.426 e. The van der Waals surface area contributed by atoms with Crippen molar-refractivity contribution in [2.24, 2.45) is 0 Å². The monoisotopic (exact) mass is 270 g/mol. The summed E-state index contributed by atoms with van der Waals surface area (Å²) < 4.78 is 9.57. The van der Waals surface area contributed by atoms with Gasteiger partial charge in [-0.2, -0.15) is 4.98 Å². The topological polar surface area (TPSA) is 106 Å². The lowest BCUT2D eigenvalue weighted by atomic mass is 10.2. The Morgan fingerprint density at radius 2 is 2.11 bits per heavy atom. The predicted octanol–water partition coefficient (Wildman–Crippen LogP) is 0.903. The van der Waals surface area contributed by atoms with Crippen LogP contribution in [0, 0.1) is 0 Å². The van der Waals surface area contributed by atoms with E-state index in [2.05, 4.69) is 25.7 Å². The summed E-state index contributed by atoms with van der Waals surface area (Å²) in [5.41, 5.74) is 4.33. The van der Waals surface area contributed by atoms with Crippen LogP contribution in [0.2, 0.25) is 0 Å². The maximum Gasteiger partial charge on any atom is 0.426 e. The van der Waals surface area contributed by atoms with E-state index in [1.807, 2.05) is 13.8 Å². The zero-order valence-corrected chi connectivity index (χ0v) is 11.2. The van der Waals surface area contributed by atoms with Gasteiger partial charge in [-0.1, -0.05) is 19.0 Å². The first-order valence-corrected chi connectivity index (χ1v) is 6.07. The number of hydrogen-bond acceptors (Lipinski definition) is 6. The lowest BCUT2D eigenvalue weighted by molar-refractivity contribution is -0.122. The van der Waals surface area contributed by atoms with Crippen molar-refractivity contribution in [1.82, 2.24) is 21.0 Å². The molecule has 0 radical (unpaired) electrons. The molecule has 8 nitrogen and oxygen atoms in total. The van der Waals surface area contributed by atoms with E-state index in [0.717, 1.165) is 0 Å². The molecule has 0 aromatic carbocycles. The van der Waals surface area contributed by atoms with Crippen molar-refractivity contribution in [2.45, 2.75) is 39.5 Å². The highest BCUT2D eigenvalue weighted by atomic mass is 16.6. The molecule has 0 saturated heterocycles. The summed E-state index contributed by atoms with van der Waals surface area (Å²) in [6.45, 7) is 5.81. The highest BCUT2D eigenvalue weighted by Crippen LogP contribution is 2.10. The summed E-state index contributed by atoms with van der Waals surface area (Å²) in [5.74, 6) is 0.823. The maximum atomic E-state index is 11.4. The van der Waals surface area contributed by atoms with E-state index < -0.39 is 6.09 Å². The Morgan fingerprint density at radius 1 is 1.37 bits per heavy atom. The molecule has 1 aromatic rings. The van der Waals surface area contributed by atoms with Gasteiger partial charge in [0.2, 0.25) is 11.8 Å². The molecular formula is C11H18N4O4. The second kappa shape index (κ2) is 7.34. The molecule has 0 fully saturated rings. The molecule has 0 saturated carbocycles. The number of carbonyl (C=O) groups excluding carboxylic acids is 2. The molecule has 0 spiro atoms. The van der Waals surface area contributed by atoms with E-state index in [1.165, 1.54) is 0 Å². The third-order valence-corrected chi connectivity index (χ3v) is 2.15. The molecule has 1 heterocycles. The quantitative estimate of drug-likeness (QED) is 0.770. The number of carbonyl (C=O) groups is 2. The van der Waals surface area contributed by atoms with Crippen LogP contribution in [0.15, 0.2) is 4.52 Å². The van der Waals surface area contributed by atoms with Crippen molar-refractivity contribution in [2.75, 3.05) is 6.61 Å². The highest BCUT2D eigenvalue weighted by Gasteiger charge is 2.11. The SMILES string of the molecule is CCOC(=O)NNC(=O)CCc1nc(C(C)C)no1. The van der Waals surface area contributed by atoms with Crippen LogP contribution < -0.4 is 10.9 Å². The summed E-state index contributed by atoms with van der Waals surface area (Å²) in [7, 11) is 0. The van der Waals surface area contributed by atoms with Crippen LogP contribution in [-0.4, -0.2) is 28.7 Å². The number of aromatic nitrogens is 2. The molecule has 1 rings (SSSR count). The molecule has 106 valence electrons. The molecule has 8 heteroatoms. The van der Waals surface area contributed by atoms with Gasteiger partial charge in [0.25, 0.3) is 0 Å². The van der Waals surface area contributed by atoms with Gasteiger partial charge in [0.05, 0.1) is 6.61 Å². The number of amides is 2. The maximum absolute atomic E-state index is 11.4. The summed E-state index contributed by atoms with van der Waals surface area (Å²) >= 11 is 0. The van der Waals surface area contributed by atoms with Crippen molar-refractivity contribution in [3.05, 3.63) is 11.7 Å². The Kier molecular flexibility index (Phi) is 5.77. The van der Waals surface area contributed by atoms with Gasteiger partial charge in [-0.25, -0.2) is 10.2 Å². The standard InChI is InChI=1S/C11H18N4O4/c1-4-18-11(17)14-13-8(16)5-6-9-12-10(7(2)3)15-19-9/h7H,4-6H2,1-3H3,(H,13,16)(H,14,17). The van der Waals surface area contributed by atoms with Gasteiger partial charge < -0.3 is 9.26 Å². The number of ether oxygens (including phenoxy) is 1. The molecule has 1 aromatic heterocycles. The first-order valence-electron chi connectivity index (χ1n) is 6.07. The van der Waals surface area contributed by atoms with E-state index >= 15 is 0 Å². The van der Waals surface area contributed by atoms with Crippen LogP contribution in [0.3, 0.4) is 0 Å². The minimum Gasteiger partial charge on any atom is -0.449 e. The lowest BCUT2D eigenvalue weighted by Gasteiger charge is -2.05. The Morgan fingerprint density at radius 3 is 2.68 bits per heavy atom. The van der Waals surface area contributed by atoms with Gasteiger partial charge >= 0.3 is 6.09 Å². The summed E-state index contributed by atoms with van der Waals surface area (Å²) in [6.07, 6.45) is -0.252. The summed E-state index contributed by atoms with van der Waals surface area (Å²) in [5, 5.41) is 3.78. The van der Waals surface area contributed by atoms with Gasteiger partial charge in [0.15, 0.2) is 5.82 Å². The van der Waals surface area contributed by atoms with E-state index in [0.29, 0.717) is 18.1 Å². The third kappa shape index (κ3) is 5.36. The fourth-order valence-corrected chi connectivity index (χ4v) is 1.17. The first-order chi connectivity index (χ1) is 9.02. The molecule has 0 aliphatic heterocycles. The lowest BCUT2D eigenvalue weighted by Crippen LogP contribution is -2.42. The Balaban J connectivity index is 2.27. The molecule has 0 bridgehead atoms. The molecule has 2 amide bonds. The van der Waals surface area contributed by atoms with Gasteiger partial charge in [0, 0.05) is 18.8 Å². The first kappa shape index (κ1) is 14.9. The van der Waals surface area contributed by atoms with Crippen molar-refractivity contribution < 1.29 is 18.8 Å². The van der Waals surface area contributed by atoms with Crippen molar-refractivity contribution in [1.29, 1.82) is 0 Å². The second-order valence-corrected chi connectivity index (χ2v) is 4.09. The van der Waals surface area contributed by atoms with Crippen LogP contribution in [0.1, 0.15) is 44.8 Å². The predicted molar refractivity (Wildman–Crippen MR) is 65.0 cm³/mol. The minimum absolute atomic E-state index is 0.131. The molecule has 0 aliphatic carbocycles. The van der Waals surface area contributed by atoms with Crippen molar-refractivity contribution in [3.63, 3.8) is 0 Å². The van der Waals surface area contributed by atoms with Gasteiger partial charge in [-0.05, 0) is 6.92 Å². The van der Waals surface area contributed by atoms with E-state index in [4.69, 9.17) is 4.52 Å². The van der Waals surface area contributed by atoms with Crippen LogP contribution in [0.5, 0.6) is 0 Å². The van der Waals surface area contributed by atoms with Crippen LogP contribution in [0.4, 0.5) is 4.79 Å². The molecule has 0 unspecified atom stereocenters. The van der Waals surface area contributed by atoms with E-state index in [-0.39, 0.29) is 24.9 Å². The van der Waals surface area contributed by atoms with E-state index in [9.17, 15) is 9.59 Å². The largest absolute Gasteiger partial charge is 0.449 e. The Labute approximate surface area is 110 Å². The number of nitrogens with one attached hydrogen (secondary N) is 2. The number of rotatable bonds is 5. The van der Waals surface area contributed by atoms with Gasteiger partial charge in [0.1, 0.15) is 0 Å². The third-order valence-electron chi connectivity index (χ3n) is 2.15. The Bertz CT molecular complexity index is 430. The molecule has 0 atom stereocenters. The zero-order valence-electron chi connectivity index (χ0n) is 11.2. The van der Waals surface area contributed by atoms with Crippen LogP contribution >= 0.6 is 0 Å².